The number of para-hydroxylation sites is 1. The number of furan rings is 1. The monoisotopic (exact) mass is 209 g/mol. The van der Waals surface area contributed by atoms with Crippen LogP contribution in [0.15, 0.2) is 34.7 Å². The second-order valence-electron chi connectivity index (χ2n) is 2.80. The fourth-order valence-corrected chi connectivity index (χ4v) is 1.55. The van der Waals surface area contributed by atoms with E-state index in [0.717, 1.165) is 28.8 Å². The fourth-order valence-electron chi connectivity index (χ4n) is 1.26. The van der Waals surface area contributed by atoms with Gasteiger partial charge in [-0.15, -0.1) is 0 Å². The molecule has 72 valence electrons. The molecule has 0 atom stereocenters. The quantitative estimate of drug-likeness (QED) is 0.428. The van der Waals surface area contributed by atoms with Crippen molar-refractivity contribution in [3.05, 3.63) is 36.1 Å². The van der Waals surface area contributed by atoms with Crippen molar-refractivity contribution in [1.29, 1.82) is 2.67 Å². The van der Waals surface area contributed by atoms with E-state index in [0.29, 0.717) is 12.3 Å². The molecule has 0 spiro atoms. The Kier molecular flexibility index (Phi) is 2.43. The zero-order valence-corrected chi connectivity index (χ0v) is 8.42. The van der Waals surface area contributed by atoms with Gasteiger partial charge in [-0.2, -0.15) is 0 Å². The molecule has 0 aliphatic heterocycles. The smallest absolute Gasteiger partial charge is 0.134 e. The summed E-state index contributed by atoms with van der Waals surface area (Å²) in [6, 6.07) is 9.72. The van der Waals surface area contributed by atoms with Crippen LogP contribution in [-0.4, -0.2) is 16.1 Å². The van der Waals surface area contributed by atoms with E-state index < -0.39 is 7.77 Å². The Morgan fingerprint density at radius 3 is 3.43 bits per heavy atom. The molecule has 0 bridgehead atoms. The highest BCUT2D eigenvalue weighted by molar-refractivity contribution is 7.95. The molecule has 0 saturated carbocycles. The third-order valence-corrected chi connectivity index (χ3v) is 2.25. The van der Waals surface area contributed by atoms with Crippen molar-refractivity contribution >= 4 is 30.8 Å². The number of hydrogen-bond donors (Lipinski definition) is 0. The van der Waals surface area contributed by atoms with Gasteiger partial charge in [0.1, 0.15) is 25.7 Å². The second kappa shape index (κ2) is 4.57. The van der Waals surface area contributed by atoms with Crippen LogP contribution in [0.25, 0.3) is 11.0 Å². The first-order valence-electron chi connectivity index (χ1n) is 5.47. The van der Waals surface area contributed by atoms with Crippen LogP contribution in [0.3, 0.4) is 0 Å². The minimum Gasteiger partial charge on any atom is -0.459 e. The lowest BCUT2D eigenvalue weighted by molar-refractivity contribution is 0.321. The molecule has 0 fully saturated rings. The van der Waals surface area contributed by atoms with E-state index >= 15 is 0 Å². The SMILES string of the molecule is [2H]B([3H])CSOCc1cc2ccccc2o1. The molecule has 0 aliphatic carbocycles. The molecule has 2 aromatic rings. The highest BCUT2D eigenvalue weighted by Crippen LogP contribution is 2.20. The van der Waals surface area contributed by atoms with Crippen LogP contribution < -0.4 is 0 Å². The van der Waals surface area contributed by atoms with Gasteiger partial charge in [-0.1, -0.05) is 18.2 Å². The van der Waals surface area contributed by atoms with Gasteiger partial charge in [0.2, 0.25) is 0 Å². The minimum absolute atomic E-state index is 0.347. The van der Waals surface area contributed by atoms with Crippen molar-refractivity contribution in [2.45, 2.75) is 6.61 Å². The van der Waals surface area contributed by atoms with Crippen molar-refractivity contribution in [3.8, 4) is 0 Å². The Hall–Kier alpha value is -0.865. The first kappa shape index (κ1) is 7.43. The Labute approximate surface area is 90.9 Å². The van der Waals surface area contributed by atoms with Gasteiger partial charge in [-0.25, -0.2) is 0 Å². The molecule has 1 aromatic heterocycles. The van der Waals surface area contributed by atoms with E-state index in [1.807, 2.05) is 30.3 Å². The molecule has 1 heterocycles. The topological polar surface area (TPSA) is 22.4 Å². The normalized spacial score (nSPS) is 12.6. The van der Waals surface area contributed by atoms with Crippen molar-refractivity contribution < 1.29 is 8.60 Å². The molecule has 4 heteroatoms. The van der Waals surface area contributed by atoms with Crippen LogP contribution in [0.4, 0.5) is 0 Å². The largest absolute Gasteiger partial charge is 0.459 e. The molecule has 0 saturated heterocycles. The lowest BCUT2D eigenvalue weighted by Crippen LogP contribution is -1.83. The average Bonchev–Trinajstić information content (AvgIpc) is 2.66. The zero-order chi connectivity index (χ0) is 11.4. The fraction of sp³-hybridized carbons (Fsp3) is 0.200. The van der Waals surface area contributed by atoms with E-state index in [1.54, 1.807) is 0 Å². The van der Waals surface area contributed by atoms with Gasteiger partial charge < -0.3 is 8.60 Å². The van der Waals surface area contributed by atoms with Crippen molar-refractivity contribution in [2.24, 2.45) is 0 Å². The molecular weight excluding hydrogens is 195 g/mol. The van der Waals surface area contributed by atoms with Crippen LogP contribution in [0.5, 0.6) is 0 Å². The summed E-state index contributed by atoms with van der Waals surface area (Å²) in [5.41, 5.74) is 1.20. The predicted octanol–water partition coefficient (Wildman–Crippen LogP) is 2.19. The number of fused-ring (bicyclic) bond motifs is 1. The van der Waals surface area contributed by atoms with Crippen molar-refractivity contribution in [3.63, 3.8) is 0 Å². The van der Waals surface area contributed by atoms with Crippen LogP contribution >= 0.6 is 12.0 Å². The van der Waals surface area contributed by atoms with Crippen molar-refractivity contribution in [1.82, 2.24) is 0 Å². The lowest BCUT2D eigenvalue weighted by Gasteiger charge is -1.95. The maximum absolute atomic E-state index is 6.99. The van der Waals surface area contributed by atoms with E-state index in [1.165, 1.54) is 0 Å². The highest BCUT2D eigenvalue weighted by Gasteiger charge is 2.02. The third-order valence-electron chi connectivity index (χ3n) is 1.83. The number of benzene rings is 1. The Morgan fingerprint density at radius 1 is 1.64 bits per heavy atom. The van der Waals surface area contributed by atoms with Crippen LogP contribution in [0.1, 0.15) is 5.76 Å². The highest BCUT2D eigenvalue weighted by atomic mass is 32.2. The lowest BCUT2D eigenvalue weighted by atomic mass is 10.2. The number of rotatable bonds is 5. The van der Waals surface area contributed by atoms with Gasteiger partial charge >= 0.3 is 0 Å². The molecule has 0 radical (unpaired) electrons. The predicted molar refractivity (Wildman–Crippen MR) is 62.0 cm³/mol. The molecule has 0 unspecified atom stereocenters. The van der Waals surface area contributed by atoms with Gasteiger partial charge in [0, 0.05) is 5.39 Å². The molecule has 2 nitrogen and oxygen atoms in total. The second-order valence-corrected chi connectivity index (χ2v) is 3.60. The van der Waals surface area contributed by atoms with E-state index in [4.69, 9.17) is 11.3 Å². The van der Waals surface area contributed by atoms with Gasteiger partial charge in [-0.05, 0) is 32.5 Å². The third kappa shape index (κ3) is 2.14. The Bertz CT molecular complexity index is 428. The van der Waals surface area contributed by atoms with Crippen LogP contribution in [0.2, 0.25) is 0 Å². The summed E-state index contributed by atoms with van der Waals surface area (Å²) in [7, 11) is -0.847. The van der Waals surface area contributed by atoms with E-state index in [9.17, 15) is 0 Å². The molecule has 0 aliphatic rings. The van der Waals surface area contributed by atoms with Gasteiger partial charge in [0.25, 0.3) is 0 Å². The first-order valence-corrected chi connectivity index (χ1v) is 5.23. The summed E-state index contributed by atoms with van der Waals surface area (Å²) in [5.74, 6) is 0.764. The van der Waals surface area contributed by atoms with Gasteiger partial charge in [0.05, 0.1) is 0 Å². The molecule has 1 aromatic carbocycles. The summed E-state index contributed by atoms with van der Waals surface area (Å²) in [4.78, 5) is 0. The average molecular weight is 209 g/mol. The van der Waals surface area contributed by atoms with E-state index in [2.05, 4.69) is 0 Å². The molecule has 2 rings (SSSR count). The van der Waals surface area contributed by atoms with Gasteiger partial charge in [-0.3, -0.25) is 0 Å². The maximum atomic E-state index is 6.99. The first-order chi connectivity index (χ1) is 7.75. The number of hydrogen-bond acceptors (Lipinski definition) is 3. The summed E-state index contributed by atoms with van der Waals surface area (Å²) in [6.45, 7) is 0.367. The molecule has 0 N–H and O–H groups in total. The van der Waals surface area contributed by atoms with E-state index in [-0.39, 0.29) is 0 Å². The zero-order valence-electron chi connectivity index (χ0n) is 9.60. The standard InChI is InChI=1S/C10H11BO2S/c11-7-14-12-6-9-5-8-3-1-2-4-10(8)13-9/h1-5H,6-7,11H2/i11TD. The summed E-state index contributed by atoms with van der Waals surface area (Å²) in [6.07, 6.45) is 0. The van der Waals surface area contributed by atoms with Crippen LogP contribution in [-0.2, 0) is 10.8 Å². The summed E-state index contributed by atoms with van der Waals surface area (Å²) >= 11 is 1.13. The van der Waals surface area contributed by atoms with Crippen molar-refractivity contribution in [2.75, 3.05) is 5.65 Å². The molecule has 14 heavy (non-hydrogen) atoms. The molecular formula is C10H11BO2S. The summed E-state index contributed by atoms with van der Waals surface area (Å²) < 4.78 is 24.8. The van der Waals surface area contributed by atoms with Crippen LogP contribution in [0, 0.1) is 0 Å². The maximum Gasteiger partial charge on any atom is 0.134 e. The minimum atomic E-state index is -0.847. The summed E-state index contributed by atoms with van der Waals surface area (Å²) in [5, 5.41) is 1.06. The van der Waals surface area contributed by atoms with Gasteiger partial charge in [0.15, 0.2) is 0 Å². The Balaban J connectivity index is 1.89. The molecule has 0 amide bonds. The Morgan fingerprint density at radius 2 is 2.57 bits per heavy atom.